The highest BCUT2D eigenvalue weighted by molar-refractivity contribution is 9.18. The molecule has 1 aromatic rings. The Morgan fingerprint density at radius 3 is 2.78 bits per heavy atom. The van der Waals surface area contributed by atoms with Crippen LogP contribution >= 0.6 is 39.5 Å². The highest BCUT2D eigenvalue weighted by atomic mass is 79.9. The van der Waals surface area contributed by atoms with E-state index in [4.69, 9.17) is 12.2 Å². The summed E-state index contributed by atoms with van der Waals surface area (Å²) in [5, 5.41) is 1.68. The number of thiazole rings is 1. The third-order valence-electron chi connectivity index (χ3n) is 0.732. The molecule has 0 spiro atoms. The van der Waals surface area contributed by atoms with Crippen molar-refractivity contribution in [2.24, 2.45) is 0 Å². The number of nitrogens with one attached hydrogen (secondary N) is 1. The van der Waals surface area contributed by atoms with Crippen molar-refractivity contribution in [3.63, 3.8) is 0 Å². The summed E-state index contributed by atoms with van der Waals surface area (Å²) in [5.74, 6) is 0. The average Bonchev–Trinajstić information content (AvgIpc) is 2.14. The maximum atomic E-state index is 10.5. The Morgan fingerprint density at radius 1 is 1.89 bits per heavy atom. The molecule has 0 saturated heterocycles. The SMILES string of the molecule is O=C(Br)c1csc(=S)[nH]1. The Morgan fingerprint density at radius 2 is 2.56 bits per heavy atom. The lowest BCUT2D eigenvalue weighted by Crippen LogP contribution is -1.85. The van der Waals surface area contributed by atoms with Crippen LogP contribution in [0.2, 0.25) is 0 Å². The minimum Gasteiger partial charge on any atom is -0.334 e. The molecule has 1 N–H and O–H groups in total. The van der Waals surface area contributed by atoms with Gasteiger partial charge in [-0.3, -0.25) is 4.79 Å². The molecule has 0 fully saturated rings. The van der Waals surface area contributed by atoms with Crippen molar-refractivity contribution >= 4 is 44.2 Å². The molecule has 9 heavy (non-hydrogen) atoms. The monoisotopic (exact) mass is 223 g/mol. The number of carbonyl (C=O) groups excluding carboxylic acids is 1. The van der Waals surface area contributed by atoms with Crippen LogP contribution in [0.15, 0.2) is 5.38 Å². The molecule has 1 aromatic heterocycles. The zero-order valence-electron chi connectivity index (χ0n) is 4.18. The third-order valence-corrected chi connectivity index (χ3v) is 2.22. The quantitative estimate of drug-likeness (QED) is 0.586. The van der Waals surface area contributed by atoms with Gasteiger partial charge < -0.3 is 4.98 Å². The van der Waals surface area contributed by atoms with Gasteiger partial charge in [0.15, 0.2) is 3.95 Å². The number of carbonyl (C=O) groups is 1. The van der Waals surface area contributed by atoms with Gasteiger partial charge in [-0.05, 0) is 28.1 Å². The molecule has 0 amide bonds. The van der Waals surface area contributed by atoms with Crippen LogP contribution in [0.25, 0.3) is 0 Å². The van der Waals surface area contributed by atoms with Crippen LogP contribution < -0.4 is 0 Å². The van der Waals surface area contributed by atoms with E-state index in [-0.39, 0.29) is 4.69 Å². The molecular formula is C4H2BrNOS2. The van der Waals surface area contributed by atoms with E-state index in [2.05, 4.69) is 20.9 Å². The smallest absolute Gasteiger partial charge is 0.245 e. The van der Waals surface area contributed by atoms with E-state index in [0.717, 1.165) is 0 Å². The number of hydrogen-bond donors (Lipinski definition) is 1. The molecule has 2 nitrogen and oxygen atoms in total. The van der Waals surface area contributed by atoms with E-state index >= 15 is 0 Å². The van der Waals surface area contributed by atoms with Crippen molar-refractivity contribution in [1.29, 1.82) is 0 Å². The average molecular weight is 224 g/mol. The zero-order valence-corrected chi connectivity index (χ0v) is 7.40. The van der Waals surface area contributed by atoms with Crippen LogP contribution in [0.3, 0.4) is 0 Å². The van der Waals surface area contributed by atoms with Crippen LogP contribution in [-0.4, -0.2) is 9.68 Å². The first-order valence-electron chi connectivity index (χ1n) is 2.08. The number of rotatable bonds is 1. The minimum absolute atomic E-state index is 0.158. The number of H-pyrrole nitrogens is 1. The van der Waals surface area contributed by atoms with Crippen molar-refractivity contribution < 1.29 is 4.79 Å². The van der Waals surface area contributed by atoms with Gasteiger partial charge in [0.05, 0.1) is 0 Å². The summed E-state index contributed by atoms with van der Waals surface area (Å²) in [6, 6.07) is 0. The van der Waals surface area contributed by atoms with E-state index in [1.165, 1.54) is 11.3 Å². The van der Waals surface area contributed by atoms with E-state index < -0.39 is 0 Å². The van der Waals surface area contributed by atoms with Crippen molar-refractivity contribution in [3.05, 3.63) is 15.0 Å². The summed E-state index contributed by atoms with van der Waals surface area (Å²) < 4.78 is 0.465. The Bertz CT molecular complexity index is 276. The topological polar surface area (TPSA) is 32.9 Å². The predicted molar refractivity (Wildman–Crippen MR) is 42.8 cm³/mol. The van der Waals surface area contributed by atoms with Crippen LogP contribution in [0.4, 0.5) is 0 Å². The number of aromatic nitrogens is 1. The number of hydrogen-bond acceptors (Lipinski definition) is 3. The van der Waals surface area contributed by atoms with Gasteiger partial charge in [0, 0.05) is 5.38 Å². The number of halogens is 1. The minimum atomic E-state index is -0.158. The maximum Gasteiger partial charge on any atom is 0.245 e. The Labute approximate surface area is 69.0 Å². The van der Waals surface area contributed by atoms with E-state index in [9.17, 15) is 4.79 Å². The lowest BCUT2D eigenvalue weighted by Gasteiger charge is -1.78. The van der Waals surface area contributed by atoms with Gasteiger partial charge in [0.1, 0.15) is 5.69 Å². The predicted octanol–water partition coefficient (Wildman–Crippen LogP) is 2.34. The zero-order chi connectivity index (χ0) is 6.85. The Balaban J connectivity index is 3.12. The second-order valence-corrected chi connectivity index (χ2v) is 3.60. The highest BCUT2D eigenvalue weighted by Gasteiger charge is 1.99. The second kappa shape index (κ2) is 2.72. The molecule has 0 unspecified atom stereocenters. The van der Waals surface area contributed by atoms with Crippen LogP contribution in [-0.2, 0) is 0 Å². The van der Waals surface area contributed by atoms with E-state index in [1.54, 1.807) is 5.38 Å². The van der Waals surface area contributed by atoms with E-state index in [0.29, 0.717) is 9.65 Å². The summed E-state index contributed by atoms with van der Waals surface area (Å²) in [5.41, 5.74) is 0.519. The highest BCUT2D eigenvalue weighted by Crippen LogP contribution is 2.07. The van der Waals surface area contributed by atoms with Gasteiger partial charge >= 0.3 is 0 Å². The van der Waals surface area contributed by atoms with Crippen LogP contribution in [0.1, 0.15) is 10.5 Å². The fraction of sp³-hybridized carbons (Fsp3) is 0. The lowest BCUT2D eigenvalue weighted by atomic mass is 10.6. The normalized spacial score (nSPS) is 9.44. The summed E-state index contributed by atoms with van der Waals surface area (Å²) >= 11 is 8.87. The van der Waals surface area contributed by atoms with Crippen molar-refractivity contribution in [2.75, 3.05) is 0 Å². The molecule has 1 heterocycles. The summed E-state index contributed by atoms with van der Waals surface area (Å²) in [4.78, 5) is 13.2. The molecule has 48 valence electrons. The molecule has 0 atom stereocenters. The summed E-state index contributed by atoms with van der Waals surface area (Å²) in [6.45, 7) is 0. The first-order chi connectivity index (χ1) is 4.20. The molecule has 0 bridgehead atoms. The Hall–Kier alpha value is -0.0000000000000000555. The van der Waals surface area contributed by atoms with Gasteiger partial charge in [-0.15, -0.1) is 11.3 Å². The van der Waals surface area contributed by atoms with Gasteiger partial charge in [-0.1, -0.05) is 0 Å². The van der Waals surface area contributed by atoms with Gasteiger partial charge in [0.2, 0.25) is 4.69 Å². The Kier molecular flexibility index (Phi) is 2.15. The van der Waals surface area contributed by atoms with Gasteiger partial charge in [-0.2, -0.15) is 0 Å². The molecule has 1 rings (SSSR count). The van der Waals surface area contributed by atoms with Crippen molar-refractivity contribution in [3.8, 4) is 0 Å². The van der Waals surface area contributed by atoms with Crippen LogP contribution in [0.5, 0.6) is 0 Å². The van der Waals surface area contributed by atoms with Crippen molar-refractivity contribution in [2.45, 2.75) is 0 Å². The second-order valence-electron chi connectivity index (χ2n) is 1.34. The molecule has 0 aliphatic rings. The van der Waals surface area contributed by atoms with Crippen molar-refractivity contribution in [1.82, 2.24) is 4.98 Å². The largest absolute Gasteiger partial charge is 0.334 e. The molecular weight excluding hydrogens is 222 g/mol. The lowest BCUT2D eigenvalue weighted by molar-refractivity contribution is 0.109. The first kappa shape index (κ1) is 7.11. The van der Waals surface area contributed by atoms with Gasteiger partial charge in [0.25, 0.3) is 0 Å². The van der Waals surface area contributed by atoms with Gasteiger partial charge in [-0.25, -0.2) is 0 Å². The molecule has 5 heteroatoms. The third kappa shape index (κ3) is 1.70. The fourth-order valence-electron chi connectivity index (χ4n) is 0.377. The molecule has 0 aliphatic heterocycles. The first-order valence-corrected chi connectivity index (χ1v) is 4.16. The summed E-state index contributed by atoms with van der Waals surface area (Å²) in [7, 11) is 0. The van der Waals surface area contributed by atoms with Crippen LogP contribution in [0, 0.1) is 3.95 Å². The fourth-order valence-corrected chi connectivity index (χ4v) is 1.56. The van der Waals surface area contributed by atoms with E-state index in [1.807, 2.05) is 0 Å². The maximum absolute atomic E-state index is 10.5. The molecule has 0 radical (unpaired) electrons. The molecule has 0 saturated carbocycles. The number of aromatic amines is 1. The summed E-state index contributed by atoms with van der Waals surface area (Å²) in [6.07, 6.45) is 0. The molecule has 0 aromatic carbocycles. The standard InChI is InChI=1S/C4H2BrNOS2/c5-3(7)2-1-9-4(8)6-2/h1H,(H,6,8). The molecule has 0 aliphatic carbocycles.